The quantitative estimate of drug-likeness (QED) is 0.765. The average molecular weight is 250 g/mol. The summed E-state index contributed by atoms with van der Waals surface area (Å²) in [6, 6.07) is 5.92. The van der Waals surface area contributed by atoms with E-state index in [0.29, 0.717) is 13.0 Å². The second kappa shape index (κ2) is 5.83. The van der Waals surface area contributed by atoms with Crippen molar-refractivity contribution in [2.24, 2.45) is 11.5 Å². The number of hydrogen-bond acceptors (Lipinski definition) is 3. The SMILES string of the molecule is Cc1ccc(C(C)(C)C)cc1C(O)C(N)CCN. The van der Waals surface area contributed by atoms with E-state index in [1.807, 2.05) is 13.0 Å². The predicted octanol–water partition coefficient (Wildman–Crippen LogP) is 2.00. The molecule has 1 aromatic rings. The lowest BCUT2D eigenvalue weighted by atomic mass is 9.83. The van der Waals surface area contributed by atoms with Gasteiger partial charge in [0.1, 0.15) is 0 Å². The number of nitrogens with two attached hydrogens (primary N) is 2. The van der Waals surface area contributed by atoms with Crippen molar-refractivity contribution in [3.05, 3.63) is 34.9 Å². The lowest BCUT2D eigenvalue weighted by Crippen LogP contribution is -2.31. The van der Waals surface area contributed by atoms with Crippen molar-refractivity contribution in [3.63, 3.8) is 0 Å². The molecule has 2 atom stereocenters. The molecule has 0 aliphatic rings. The molecule has 1 rings (SSSR count). The molecule has 0 spiro atoms. The van der Waals surface area contributed by atoms with Crippen LogP contribution in [0.5, 0.6) is 0 Å². The first-order chi connectivity index (χ1) is 8.27. The summed E-state index contributed by atoms with van der Waals surface area (Å²) >= 11 is 0. The molecule has 102 valence electrons. The third-order valence-electron chi connectivity index (χ3n) is 3.37. The molecule has 3 nitrogen and oxygen atoms in total. The Bertz CT molecular complexity index is 396. The van der Waals surface area contributed by atoms with Gasteiger partial charge in [-0.2, -0.15) is 0 Å². The first-order valence-electron chi connectivity index (χ1n) is 6.52. The van der Waals surface area contributed by atoms with E-state index >= 15 is 0 Å². The van der Waals surface area contributed by atoms with E-state index in [2.05, 4.69) is 32.9 Å². The number of benzene rings is 1. The van der Waals surface area contributed by atoms with Gasteiger partial charge in [0, 0.05) is 6.04 Å². The van der Waals surface area contributed by atoms with Gasteiger partial charge in [-0.05, 0) is 42.0 Å². The highest BCUT2D eigenvalue weighted by atomic mass is 16.3. The third kappa shape index (κ3) is 3.55. The van der Waals surface area contributed by atoms with E-state index in [9.17, 15) is 5.11 Å². The van der Waals surface area contributed by atoms with Gasteiger partial charge in [-0.3, -0.25) is 0 Å². The fourth-order valence-electron chi connectivity index (χ4n) is 2.01. The minimum absolute atomic E-state index is 0.0696. The van der Waals surface area contributed by atoms with Gasteiger partial charge in [0.25, 0.3) is 0 Å². The first kappa shape index (κ1) is 15.2. The summed E-state index contributed by atoms with van der Waals surface area (Å²) < 4.78 is 0. The number of aliphatic hydroxyl groups is 1. The Morgan fingerprint density at radius 3 is 2.39 bits per heavy atom. The van der Waals surface area contributed by atoms with Crippen LogP contribution in [0.15, 0.2) is 18.2 Å². The van der Waals surface area contributed by atoms with Gasteiger partial charge in [-0.1, -0.05) is 39.0 Å². The van der Waals surface area contributed by atoms with Crippen LogP contribution >= 0.6 is 0 Å². The van der Waals surface area contributed by atoms with Gasteiger partial charge in [0.15, 0.2) is 0 Å². The van der Waals surface area contributed by atoms with E-state index in [-0.39, 0.29) is 11.5 Å². The van der Waals surface area contributed by atoms with Crippen LogP contribution < -0.4 is 11.5 Å². The van der Waals surface area contributed by atoms with Crippen molar-refractivity contribution in [1.82, 2.24) is 0 Å². The summed E-state index contributed by atoms with van der Waals surface area (Å²) in [4.78, 5) is 0. The Balaban J connectivity index is 3.08. The van der Waals surface area contributed by atoms with Crippen LogP contribution in [-0.2, 0) is 5.41 Å². The van der Waals surface area contributed by atoms with Crippen LogP contribution in [0.1, 0.15) is 50.0 Å². The summed E-state index contributed by atoms with van der Waals surface area (Å²) in [7, 11) is 0. The van der Waals surface area contributed by atoms with Crippen LogP contribution in [0.2, 0.25) is 0 Å². The van der Waals surface area contributed by atoms with E-state index in [1.165, 1.54) is 5.56 Å². The van der Waals surface area contributed by atoms with Gasteiger partial charge in [0.05, 0.1) is 6.10 Å². The van der Waals surface area contributed by atoms with Crippen LogP contribution in [-0.4, -0.2) is 17.7 Å². The van der Waals surface area contributed by atoms with Crippen molar-refractivity contribution in [1.29, 1.82) is 0 Å². The highest BCUT2D eigenvalue weighted by Crippen LogP contribution is 2.28. The molecule has 0 fully saturated rings. The molecule has 0 aliphatic heterocycles. The Morgan fingerprint density at radius 2 is 1.89 bits per heavy atom. The average Bonchev–Trinajstić information content (AvgIpc) is 2.27. The normalized spacial score (nSPS) is 15.5. The van der Waals surface area contributed by atoms with Gasteiger partial charge in [-0.25, -0.2) is 0 Å². The molecule has 18 heavy (non-hydrogen) atoms. The number of hydrogen-bond donors (Lipinski definition) is 3. The summed E-state index contributed by atoms with van der Waals surface area (Å²) in [6.07, 6.45) is -0.0174. The molecule has 3 heteroatoms. The van der Waals surface area contributed by atoms with Gasteiger partial charge >= 0.3 is 0 Å². The van der Waals surface area contributed by atoms with Gasteiger partial charge in [0.2, 0.25) is 0 Å². The molecular weight excluding hydrogens is 224 g/mol. The number of aliphatic hydroxyl groups excluding tert-OH is 1. The van der Waals surface area contributed by atoms with Gasteiger partial charge in [-0.15, -0.1) is 0 Å². The largest absolute Gasteiger partial charge is 0.387 e. The number of aryl methyl sites for hydroxylation is 1. The maximum absolute atomic E-state index is 10.3. The van der Waals surface area contributed by atoms with Gasteiger partial charge < -0.3 is 16.6 Å². The Labute approximate surface area is 110 Å². The number of rotatable bonds is 4. The monoisotopic (exact) mass is 250 g/mol. The minimum Gasteiger partial charge on any atom is -0.387 e. The van der Waals surface area contributed by atoms with Crippen LogP contribution in [0.25, 0.3) is 0 Å². The second-order valence-electron chi connectivity index (χ2n) is 6.01. The van der Waals surface area contributed by atoms with Crippen molar-refractivity contribution in [2.75, 3.05) is 6.54 Å². The van der Waals surface area contributed by atoms with E-state index in [1.54, 1.807) is 0 Å². The van der Waals surface area contributed by atoms with Crippen LogP contribution in [0.3, 0.4) is 0 Å². The van der Waals surface area contributed by atoms with Crippen molar-refractivity contribution in [3.8, 4) is 0 Å². The zero-order valence-corrected chi connectivity index (χ0v) is 11.9. The topological polar surface area (TPSA) is 72.3 Å². The fraction of sp³-hybridized carbons (Fsp3) is 0.600. The Morgan fingerprint density at radius 1 is 1.28 bits per heavy atom. The summed E-state index contributed by atoms with van der Waals surface area (Å²) in [6.45, 7) is 8.98. The summed E-state index contributed by atoms with van der Waals surface area (Å²) in [5.41, 5.74) is 14.7. The molecule has 0 aliphatic carbocycles. The summed E-state index contributed by atoms with van der Waals surface area (Å²) in [5.74, 6) is 0. The molecule has 0 radical (unpaired) electrons. The van der Waals surface area contributed by atoms with Crippen molar-refractivity contribution in [2.45, 2.75) is 51.7 Å². The van der Waals surface area contributed by atoms with Crippen molar-refractivity contribution < 1.29 is 5.11 Å². The fourth-order valence-corrected chi connectivity index (χ4v) is 2.01. The molecule has 0 saturated heterocycles. The van der Waals surface area contributed by atoms with E-state index < -0.39 is 6.10 Å². The zero-order valence-electron chi connectivity index (χ0n) is 11.9. The lowest BCUT2D eigenvalue weighted by molar-refractivity contribution is 0.142. The highest BCUT2D eigenvalue weighted by molar-refractivity contribution is 5.36. The standard InChI is InChI=1S/C15H26N2O/c1-10-5-6-11(15(2,3)4)9-12(10)14(18)13(17)7-8-16/h5-6,9,13-14,18H,7-8,16-17H2,1-4H3. The molecule has 0 amide bonds. The molecule has 5 N–H and O–H groups in total. The van der Waals surface area contributed by atoms with Crippen LogP contribution in [0, 0.1) is 6.92 Å². The molecule has 0 heterocycles. The second-order valence-corrected chi connectivity index (χ2v) is 6.01. The molecule has 0 aromatic heterocycles. The smallest absolute Gasteiger partial charge is 0.0943 e. The first-order valence-corrected chi connectivity index (χ1v) is 6.52. The van der Waals surface area contributed by atoms with Crippen LogP contribution in [0.4, 0.5) is 0 Å². The Kier molecular flexibility index (Phi) is 4.91. The van der Waals surface area contributed by atoms with E-state index in [0.717, 1.165) is 11.1 Å². The zero-order chi connectivity index (χ0) is 13.9. The maximum atomic E-state index is 10.3. The molecule has 0 bridgehead atoms. The minimum atomic E-state index is -0.643. The molecular formula is C15H26N2O. The third-order valence-corrected chi connectivity index (χ3v) is 3.37. The summed E-state index contributed by atoms with van der Waals surface area (Å²) in [5, 5.41) is 10.3. The highest BCUT2D eigenvalue weighted by Gasteiger charge is 2.21. The Hall–Kier alpha value is -0.900. The predicted molar refractivity (Wildman–Crippen MR) is 76.5 cm³/mol. The maximum Gasteiger partial charge on any atom is 0.0943 e. The molecule has 0 saturated carbocycles. The van der Waals surface area contributed by atoms with E-state index in [4.69, 9.17) is 11.5 Å². The van der Waals surface area contributed by atoms with Crippen molar-refractivity contribution >= 4 is 0 Å². The molecule has 2 unspecified atom stereocenters. The molecule has 1 aromatic carbocycles. The lowest BCUT2D eigenvalue weighted by Gasteiger charge is -2.25.